The Kier molecular flexibility index (Phi) is 7.62. The van der Waals surface area contributed by atoms with Gasteiger partial charge in [-0.05, 0) is 55.3 Å². The minimum absolute atomic E-state index is 0.175. The van der Waals surface area contributed by atoms with Crippen LogP contribution >= 0.6 is 39.1 Å². The molecule has 1 aliphatic carbocycles. The summed E-state index contributed by atoms with van der Waals surface area (Å²) in [6.45, 7) is -0.261. The first-order chi connectivity index (χ1) is 13.8. The first-order valence-corrected chi connectivity index (χ1v) is 12.3. The van der Waals surface area contributed by atoms with Crippen molar-refractivity contribution in [2.75, 3.05) is 11.9 Å². The quantitative estimate of drug-likeness (QED) is 0.530. The van der Waals surface area contributed by atoms with Crippen LogP contribution < -0.4 is 5.32 Å². The largest absolute Gasteiger partial charge is 0.325 e. The molecule has 0 aromatic heterocycles. The zero-order chi connectivity index (χ0) is 21.0. The van der Waals surface area contributed by atoms with Gasteiger partial charge in [0.2, 0.25) is 15.9 Å². The number of benzene rings is 2. The van der Waals surface area contributed by atoms with Gasteiger partial charge < -0.3 is 5.32 Å². The molecule has 1 N–H and O–H groups in total. The van der Waals surface area contributed by atoms with Gasteiger partial charge in [-0.1, -0.05) is 58.4 Å². The van der Waals surface area contributed by atoms with Crippen molar-refractivity contribution in [2.24, 2.45) is 0 Å². The fraction of sp³-hybridized carbons (Fsp3) is 0.350. The summed E-state index contributed by atoms with van der Waals surface area (Å²) in [5.74, 6) is -0.422. The molecule has 0 atom stereocenters. The summed E-state index contributed by atoms with van der Waals surface area (Å²) in [7, 11) is -3.82. The van der Waals surface area contributed by atoms with E-state index in [0.29, 0.717) is 15.7 Å². The van der Waals surface area contributed by atoms with Crippen LogP contribution in [0.2, 0.25) is 10.0 Å². The van der Waals surface area contributed by atoms with Crippen molar-refractivity contribution in [3.8, 4) is 0 Å². The molecule has 1 aliphatic rings. The third kappa shape index (κ3) is 5.73. The average Bonchev–Trinajstić information content (AvgIpc) is 2.70. The van der Waals surface area contributed by atoms with Crippen LogP contribution in [-0.4, -0.2) is 31.2 Å². The lowest BCUT2D eigenvalue weighted by molar-refractivity contribution is -0.116. The Morgan fingerprint density at radius 2 is 1.69 bits per heavy atom. The molecule has 0 bridgehead atoms. The zero-order valence-corrected chi connectivity index (χ0v) is 19.5. The summed E-state index contributed by atoms with van der Waals surface area (Å²) in [5.41, 5.74) is 0.467. The molecule has 1 fully saturated rings. The normalized spacial score (nSPS) is 15.4. The van der Waals surface area contributed by atoms with Gasteiger partial charge in [-0.25, -0.2) is 8.42 Å². The Labute approximate surface area is 189 Å². The van der Waals surface area contributed by atoms with Crippen molar-refractivity contribution < 1.29 is 13.2 Å². The van der Waals surface area contributed by atoms with Gasteiger partial charge >= 0.3 is 0 Å². The van der Waals surface area contributed by atoms with Gasteiger partial charge in [0.25, 0.3) is 0 Å². The molecule has 0 saturated heterocycles. The molecule has 2 aromatic carbocycles. The molecule has 3 rings (SSSR count). The molecule has 1 saturated carbocycles. The molecule has 156 valence electrons. The molecule has 0 heterocycles. The molecule has 0 unspecified atom stereocenters. The molecule has 0 aliphatic heterocycles. The standard InChI is InChI=1S/C20H21BrCl2N2O3S/c21-14-6-9-17(10-7-14)29(27,28)25(16-4-2-1-3-5-16)13-20(26)24-15-8-11-18(22)19(23)12-15/h6-12,16H,1-5,13H2,(H,24,26). The minimum Gasteiger partial charge on any atom is -0.325 e. The summed E-state index contributed by atoms with van der Waals surface area (Å²) >= 11 is 15.2. The number of halogens is 3. The van der Waals surface area contributed by atoms with Crippen LogP contribution in [0.3, 0.4) is 0 Å². The average molecular weight is 520 g/mol. The number of nitrogens with one attached hydrogen (secondary N) is 1. The van der Waals surface area contributed by atoms with Crippen molar-refractivity contribution in [1.29, 1.82) is 0 Å². The lowest BCUT2D eigenvalue weighted by Crippen LogP contribution is -2.45. The predicted molar refractivity (Wildman–Crippen MR) is 120 cm³/mol. The van der Waals surface area contributed by atoms with Gasteiger partial charge in [0.15, 0.2) is 0 Å². The van der Waals surface area contributed by atoms with Crippen LogP contribution in [-0.2, 0) is 14.8 Å². The van der Waals surface area contributed by atoms with Crippen LogP contribution in [0.15, 0.2) is 51.8 Å². The fourth-order valence-corrected chi connectivity index (χ4v) is 5.64. The van der Waals surface area contributed by atoms with Crippen molar-refractivity contribution >= 4 is 60.7 Å². The monoisotopic (exact) mass is 518 g/mol. The number of rotatable bonds is 6. The smallest absolute Gasteiger partial charge is 0.243 e. The molecule has 0 radical (unpaired) electrons. The van der Waals surface area contributed by atoms with Crippen LogP contribution in [0, 0.1) is 0 Å². The lowest BCUT2D eigenvalue weighted by atomic mass is 9.95. The van der Waals surface area contributed by atoms with E-state index >= 15 is 0 Å². The highest BCUT2D eigenvalue weighted by Crippen LogP contribution is 2.29. The van der Waals surface area contributed by atoms with E-state index in [1.807, 2.05) is 0 Å². The SMILES string of the molecule is O=C(CN(C1CCCCC1)S(=O)(=O)c1ccc(Br)cc1)Nc1ccc(Cl)c(Cl)c1. The molecule has 5 nitrogen and oxygen atoms in total. The van der Waals surface area contributed by atoms with E-state index in [9.17, 15) is 13.2 Å². The summed E-state index contributed by atoms with van der Waals surface area (Å²) < 4.78 is 28.8. The summed E-state index contributed by atoms with van der Waals surface area (Å²) in [6.07, 6.45) is 4.47. The van der Waals surface area contributed by atoms with Gasteiger partial charge in [0.1, 0.15) is 0 Å². The Morgan fingerprint density at radius 1 is 1.03 bits per heavy atom. The maximum Gasteiger partial charge on any atom is 0.243 e. The molecule has 2 aromatic rings. The van der Waals surface area contributed by atoms with Gasteiger partial charge in [0.05, 0.1) is 21.5 Å². The van der Waals surface area contributed by atoms with E-state index in [1.54, 1.807) is 36.4 Å². The molecule has 29 heavy (non-hydrogen) atoms. The van der Waals surface area contributed by atoms with Crippen molar-refractivity contribution in [3.05, 3.63) is 57.0 Å². The van der Waals surface area contributed by atoms with Gasteiger partial charge in [-0.3, -0.25) is 4.79 Å². The minimum atomic E-state index is -3.82. The number of nitrogens with zero attached hydrogens (tertiary/aromatic N) is 1. The van der Waals surface area contributed by atoms with Gasteiger partial charge in [-0.2, -0.15) is 4.31 Å². The number of carbonyl (C=O) groups is 1. The first kappa shape index (κ1) is 22.6. The highest BCUT2D eigenvalue weighted by Gasteiger charge is 2.34. The number of amides is 1. The van der Waals surface area contributed by atoms with Gasteiger partial charge in [0, 0.05) is 16.2 Å². The van der Waals surface area contributed by atoms with Crippen LogP contribution in [0.1, 0.15) is 32.1 Å². The zero-order valence-electron chi connectivity index (χ0n) is 15.6. The number of hydrogen-bond acceptors (Lipinski definition) is 3. The second-order valence-electron chi connectivity index (χ2n) is 6.97. The highest BCUT2D eigenvalue weighted by atomic mass is 79.9. The summed E-state index contributed by atoms with van der Waals surface area (Å²) in [6, 6.07) is 11.0. The molecular formula is C20H21BrCl2N2O3S. The third-order valence-corrected chi connectivity index (χ3v) is 8.09. The molecule has 9 heteroatoms. The summed E-state index contributed by atoms with van der Waals surface area (Å²) in [5, 5.41) is 3.41. The van der Waals surface area contributed by atoms with E-state index in [0.717, 1.165) is 36.6 Å². The highest BCUT2D eigenvalue weighted by molar-refractivity contribution is 9.10. The van der Waals surface area contributed by atoms with Crippen LogP contribution in [0.4, 0.5) is 5.69 Å². The first-order valence-electron chi connectivity index (χ1n) is 9.29. The van der Waals surface area contributed by atoms with Gasteiger partial charge in [-0.15, -0.1) is 0 Å². The Morgan fingerprint density at radius 3 is 2.31 bits per heavy atom. The van der Waals surface area contributed by atoms with Crippen LogP contribution in [0.5, 0.6) is 0 Å². The van der Waals surface area contributed by atoms with E-state index in [4.69, 9.17) is 23.2 Å². The topological polar surface area (TPSA) is 66.5 Å². The number of hydrogen-bond donors (Lipinski definition) is 1. The predicted octanol–water partition coefficient (Wildman–Crippen LogP) is 5.72. The second kappa shape index (κ2) is 9.79. The van der Waals surface area contributed by atoms with E-state index < -0.39 is 15.9 Å². The number of sulfonamides is 1. The lowest BCUT2D eigenvalue weighted by Gasteiger charge is -2.33. The van der Waals surface area contributed by atoms with Crippen molar-refractivity contribution in [3.63, 3.8) is 0 Å². The Balaban J connectivity index is 1.84. The number of carbonyl (C=O) groups excluding carboxylic acids is 1. The maximum atomic E-state index is 13.3. The Bertz CT molecular complexity index is 978. The number of anilines is 1. The third-order valence-electron chi connectivity index (χ3n) is 4.90. The summed E-state index contributed by atoms with van der Waals surface area (Å²) in [4.78, 5) is 12.9. The van der Waals surface area contributed by atoms with E-state index in [2.05, 4.69) is 21.2 Å². The van der Waals surface area contributed by atoms with Crippen molar-refractivity contribution in [2.45, 2.75) is 43.0 Å². The van der Waals surface area contributed by atoms with E-state index in [-0.39, 0.29) is 17.5 Å². The molecule has 0 spiro atoms. The van der Waals surface area contributed by atoms with E-state index in [1.165, 1.54) is 10.4 Å². The maximum absolute atomic E-state index is 13.3. The fourth-order valence-electron chi connectivity index (χ4n) is 3.44. The van der Waals surface area contributed by atoms with Crippen LogP contribution in [0.25, 0.3) is 0 Å². The molecular weight excluding hydrogens is 499 g/mol. The van der Waals surface area contributed by atoms with Crippen molar-refractivity contribution in [1.82, 2.24) is 4.31 Å². The Hall–Kier alpha value is -1.12. The molecule has 1 amide bonds. The second-order valence-corrected chi connectivity index (χ2v) is 10.6.